The lowest BCUT2D eigenvalue weighted by atomic mass is 10.0. The molecular weight excluding hydrogens is 254 g/mol. The van der Waals surface area contributed by atoms with Crippen molar-refractivity contribution in [3.63, 3.8) is 0 Å². The van der Waals surface area contributed by atoms with Gasteiger partial charge < -0.3 is 15.2 Å². The lowest BCUT2D eigenvalue weighted by Crippen LogP contribution is -2.14. The van der Waals surface area contributed by atoms with Crippen LogP contribution in [0.4, 0.5) is 5.69 Å². The molecule has 0 fully saturated rings. The second-order valence-corrected chi connectivity index (χ2v) is 4.97. The Morgan fingerprint density at radius 3 is 2.70 bits per heavy atom. The van der Waals surface area contributed by atoms with Crippen molar-refractivity contribution in [3.05, 3.63) is 23.8 Å². The van der Waals surface area contributed by atoms with E-state index in [-0.39, 0.29) is 0 Å². The number of nitrogens with two attached hydrogens (primary N) is 1. The molecule has 0 radical (unpaired) electrons. The third-order valence-electron chi connectivity index (χ3n) is 3.43. The van der Waals surface area contributed by atoms with Crippen molar-refractivity contribution in [3.8, 4) is 5.75 Å². The number of ether oxygens (including phenoxy) is 2. The molecule has 0 aliphatic rings. The van der Waals surface area contributed by atoms with Gasteiger partial charge in [-0.2, -0.15) is 0 Å². The molecule has 20 heavy (non-hydrogen) atoms. The van der Waals surface area contributed by atoms with Gasteiger partial charge in [-0.05, 0) is 30.5 Å². The van der Waals surface area contributed by atoms with Crippen molar-refractivity contribution in [2.45, 2.75) is 39.5 Å². The first-order valence-corrected chi connectivity index (χ1v) is 7.22. The van der Waals surface area contributed by atoms with Crippen molar-refractivity contribution in [2.75, 3.05) is 19.5 Å². The Hall–Kier alpha value is -1.71. The lowest BCUT2D eigenvalue weighted by Gasteiger charge is -2.17. The van der Waals surface area contributed by atoms with E-state index in [4.69, 9.17) is 15.2 Å². The van der Waals surface area contributed by atoms with Gasteiger partial charge in [-0.3, -0.25) is 0 Å². The van der Waals surface area contributed by atoms with Crippen LogP contribution < -0.4 is 10.5 Å². The molecule has 0 heterocycles. The zero-order valence-electron chi connectivity index (χ0n) is 12.6. The summed E-state index contributed by atoms with van der Waals surface area (Å²) in [4.78, 5) is 11.7. The summed E-state index contributed by atoms with van der Waals surface area (Å²) in [6.07, 6.45) is 4.61. The first kappa shape index (κ1) is 16.3. The van der Waals surface area contributed by atoms with Gasteiger partial charge in [0.25, 0.3) is 0 Å². The Kier molecular flexibility index (Phi) is 6.91. The number of rotatable bonds is 8. The van der Waals surface area contributed by atoms with Crippen molar-refractivity contribution in [2.24, 2.45) is 5.92 Å². The predicted octanol–water partition coefficient (Wildman–Crippen LogP) is 3.65. The summed E-state index contributed by atoms with van der Waals surface area (Å²) in [5.74, 6) is 0.632. The third kappa shape index (κ3) is 4.76. The minimum Gasteiger partial charge on any atom is -0.492 e. The van der Waals surface area contributed by atoms with Crippen molar-refractivity contribution >= 4 is 11.7 Å². The van der Waals surface area contributed by atoms with E-state index in [0.717, 1.165) is 12.8 Å². The highest BCUT2D eigenvalue weighted by atomic mass is 16.5. The normalized spacial score (nSPS) is 11.9. The molecule has 0 saturated carbocycles. The molecule has 0 bridgehead atoms. The highest BCUT2D eigenvalue weighted by Gasteiger charge is 2.15. The second-order valence-electron chi connectivity index (χ2n) is 4.97. The summed E-state index contributed by atoms with van der Waals surface area (Å²) in [6, 6.07) is 5.05. The van der Waals surface area contributed by atoms with Gasteiger partial charge in [0.1, 0.15) is 11.3 Å². The smallest absolute Gasteiger partial charge is 0.341 e. The Morgan fingerprint density at radius 2 is 2.10 bits per heavy atom. The number of carbonyl (C=O) groups excluding carboxylic acids is 1. The highest BCUT2D eigenvalue weighted by Crippen LogP contribution is 2.24. The Balaban J connectivity index is 2.73. The largest absolute Gasteiger partial charge is 0.492 e. The number of methoxy groups -OCH3 is 1. The van der Waals surface area contributed by atoms with E-state index < -0.39 is 5.97 Å². The van der Waals surface area contributed by atoms with Gasteiger partial charge in [-0.1, -0.05) is 33.1 Å². The molecule has 0 amide bonds. The number of nitrogen functional groups attached to an aromatic ring is 1. The maximum atomic E-state index is 11.7. The molecular formula is C16H25NO3. The molecule has 0 spiro atoms. The van der Waals surface area contributed by atoms with Gasteiger partial charge in [0.05, 0.1) is 13.7 Å². The minimum absolute atomic E-state index is 0.387. The molecule has 1 rings (SSSR count). The second kappa shape index (κ2) is 8.46. The summed E-state index contributed by atoms with van der Waals surface area (Å²) in [5, 5.41) is 0. The maximum absolute atomic E-state index is 11.7. The molecule has 0 aliphatic heterocycles. The number of unbranched alkanes of at least 4 members (excludes halogenated alkanes) is 1. The molecule has 0 aromatic heterocycles. The average molecular weight is 279 g/mol. The van der Waals surface area contributed by atoms with Crippen molar-refractivity contribution in [1.82, 2.24) is 0 Å². The van der Waals surface area contributed by atoms with Crippen LogP contribution in [0.25, 0.3) is 0 Å². The van der Waals surface area contributed by atoms with E-state index in [1.807, 2.05) is 0 Å². The van der Waals surface area contributed by atoms with Gasteiger partial charge in [-0.25, -0.2) is 4.79 Å². The van der Waals surface area contributed by atoms with Crippen LogP contribution in [-0.4, -0.2) is 19.7 Å². The number of anilines is 1. The van der Waals surface area contributed by atoms with Crippen molar-refractivity contribution in [1.29, 1.82) is 0 Å². The van der Waals surface area contributed by atoms with E-state index in [0.29, 0.717) is 29.5 Å². The van der Waals surface area contributed by atoms with Crippen molar-refractivity contribution < 1.29 is 14.3 Å². The zero-order valence-corrected chi connectivity index (χ0v) is 12.6. The van der Waals surface area contributed by atoms with E-state index in [1.165, 1.54) is 20.0 Å². The van der Waals surface area contributed by atoms with E-state index in [9.17, 15) is 4.79 Å². The van der Waals surface area contributed by atoms with Gasteiger partial charge >= 0.3 is 5.97 Å². The van der Waals surface area contributed by atoms with Gasteiger partial charge in [0, 0.05) is 5.69 Å². The SMILES string of the molecule is CCCCC(CC)COc1ccc(N)cc1C(=O)OC. The topological polar surface area (TPSA) is 61.5 Å². The van der Waals surface area contributed by atoms with E-state index >= 15 is 0 Å². The van der Waals surface area contributed by atoms with Crippen LogP contribution in [0.15, 0.2) is 18.2 Å². The molecule has 4 heteroatoms. The zero-order chi connectivity index (χ0) is 15.0. The molecule has 2 N–H and O–H groups in total. The number of hydrogen-bond donors (Lipinski definition) is 1. The van der Waals surface area contributed by atoms with Crippen LogP contribution in [0, 0.1) is 5.92 Å². The number of carbonyl (C=O) groups is 1. The standard InChI is InChI=1S/C16H25NO3/c1-4-6-7-12(5-2)11-20-15-9-8-13(17)10-14(15)16(18)19-3/h8-10,12H,4-7,11,17H2,1-3H3. The van der Waals surface area contributed by atoms with E-state index in [2.05, 4.69) is 13.8 Å². The first-order valence-electron chi connectivity index (χ1n) is 7.22. The molecule has 1 atom stereocenters. The van der Waals surface area contributed by atoms with Gasteiger partial charge in [0.15, 0.2) is 0 Å². The molecule has 0 aliphatic carbocycles. The maximum Gasteiger partial charge on any atom is 0.341 e. The number of esters is 1. The van der Waals surface area contributed by atoms with Gasteiger partial charge in [-0.15, -0.1) is 0 Å². The fourth-order valence-corrected chi connectivity index (χ4v) is 2.05. The average Bonchev–Trinajstić information content (AvgIpc) is 2.47. The summed E-state index contributed by atoms with van der Waals surface area (Å²) >= 11 is 0. The number of benzene rings is 1. The van der Waals surface area contributed by atoms with Crippen LogP contribution in [-0.2, 0) is 4.74 Å². The summed E-state index contributed by atoms with van der Waals surface area (Å²) in [6.45, 7) is 4.96. The Morgan fingerprint density at radius 1 is 1.35 bits per heavy atom. The fourth-order valence-electron chi connectivity index (χ4n) is 2.05. The van der Waals surface area contributed by atoms with Crippen LogP contribution in [0.2, 0.25) is 0 Å². The van der Waals surface area contributed by atoms with Crippen LogP contribution in [0.3, 0.4) is 0 Å². The Bertz CT molecular complexity index is 432. The fraction of sp³-hybridized carbons (Fsp3) is 0.562. The third-order valence-corrected chi connectivity index (χ3v) is 3.43. The molecule has 1 aromatic carbocycles. The summed E-state index contributed by atoms with van der Waals surface area (Å²) < 4.78 is 10.6. The molecule has 4 nitrogen and oxygen atoms in total. The predicted molar refractivity (Wildman–Crippen MR) is 81.0 cm³/mol. The monoisotopic (exact) mass is 279 g/mol. The van der Waals surface area contributed by atoms with Crippen LogP contribution >= 0.6 is 0 Å². The number of hydrogen-bond acceptors (Lipinski definition) is 4. The Labute approximate surface area is 121 Å². The molecule has 1 aromatic rings. The summed E-state index contributed by atoms with van der Waals surface area (Å²) in [7, 11) is 1.35. The highest BCUT2D eigenvalue weighted by molar-refractivity contribution is 5.93. The van der Waals surface area contributed by atoms with Gasteiger partial charge in [0.2, 0.25) is 0 Å². The minimum atomic E-state index is -0.422. The summed E-state index contributed by atoms with van der Waals surface area (Å²) in [5.41, 5.74) is 6.62. The van der Waals surface area contributed by atoms with Crippen LogP contribution in [0.1, 0.15) is 49.9 Å². The molecule has 1 unspecified atom stereocenters. The quantitative estimate of drug-likeness (QED) is 0.583. The van der Waals surface area contributed by atoms with E-state index in [1.54, 1.807) is 18.2 Å². The lowest BCUT2D eigenvalue weighted by molar-refractivity contribution is 0.0595. The first-order chi connectivity index (χ1) is 9.62. The van der Waals surface area contributed by atoms with Crippen LogP contribution in [0.5, 0.6) is 5.75 Å². The molecule has 0 saturated heterocycles. The molecule has 112 valence electrons.